The number of hydrogen-bond donors (Lipinski definition) is 1. The van der Waals surface area contributed by atoms with E-state index in [1.54, 1.807) is 6.20 Å². The van der Waals surface area contributed by atoms with Crippen molar-refractivity contribution in [2.45, 2.75) is 12.5 Å². The van der Waals surface area contributed by atoms with Gasteiger partial charge in [0, 0.05) is 28.0 Å². The van der Waals surface area contributed by atoms with Gasteiger partial charge in [0.2, 0.25) is 0 Å². The van der Waals surface area contributed by atoms with E-state index in [1.165, 1.54) is 0 Å². The molecule has 1 heterocycles. The Labute approximate surface area is 126 Å². The Morgan fingerprint density at radius 2 is 1.75 bits per heavy atom. The Morgan fingerprint density at radius 3 is 2.55 bits per heavy atom. The second kappa shape index (κ2) is 5.73. The lowest BCUT2D eigenvalue weighted by Gasteiger charge is -2.13. The summed E-state index contributed by atoms with van der Waals surface area (Å²) < 4.78 is 1.04. The van der Waals surface area contributed by atoms with Crippen LogP contribution in [0, 0.1) is 0 Å². The zero-order chi connectivity index (χ0) is 13.9. The zero-order valence-corrected chi connectivity index (χ0v) is 12.4. The van der Waals surface area contributed by atoms with E-state index in [2.05, 4.69) is 20.9 Å². The van der Waals surface area contributed by atoms with Gasteiger partial charge in [0.25, 0.3) is 0 Å². The SMILES string of the molecule is OC(Cc1ccc(Br)cc1)c1cccc2cccnc12. The maximum Gasteiger partial charge on any atom is 0.0851 e. The molecular formula is C17H14BrNO. The Morgan fingerprint density at radius 1 is 1.00 bits per heavy atom. The molecule has 3 heteroatoms. The van der Waals surface area contributed by atoms with Gasteiger partial charge in [-0.15, -0.1) is 0 Å². The van der Waals surface area contributed by atoms with E-state index in [0.717, 1.165) is 26.5 Å². The number of fused-ring (bicyclic) bond motifs is 1. The fourth-order valence-corrected chi connectivity index (χ4v) is 2.61. The number of hydrogen-bond acceptors (Lipinski definition) is 2. The monoisotopic (exact) mass is 327 g/mol. The third-order valence-corrected chi connectivity index (χ3v) is 3.89. The van der Waals surface area contributed by atoms with Gasteiger partial charge in [0.1, 0.15) is 0 Å². The number of nitrogens with zero attached hydrogens (tertiary/aromatic N) is 1. The average molecular weight is 328 g/mol. The minimum atomic E-state index is -0.547. The maximum absolute atomic E-state index is 10.5. The van der Waals surface area contributed by atoms with Gasteiger partial charge >= 0.3 is 0 Å². The van der Waals surface area contributed by atoms with Crippen molar-refractivity contribution in [3.8, 4) is 0 Å². The second-order valence-electron chi connectivity index (χ2n) is 4.77. The van der Waals surface area contributed by atoms with E-state index in [-0.39, 0.29) is 0 Å². The Bertz CT molecular complexity index is 719. The van der Waals surface area contributed by atoms with Crippen molar-refractivity contribution in [3.05, 3.63) is 76.4 Å². The maximum atomic E-state index is 10.5. The number of aliphatic hydroxyl groups is 1. The van der Waals surface area contributed by atoms with Crippen LogP contribution in [0.4, 0.5) is 0 Å². The number of benzene rings is 2. The summed E-state index contributed by atoms with van der Waals surface area (Å²) in [4.78, 5) is 4.39. The van der Waals surface area contributed by atoms with Crippen LogP contribution in [0.5, 0.6) is 0 Å². The molecule has 0 saturated heterocycles. The largest absolute Gasteiger partial charge is 0.388 e. The third-order valence-electron chi connectivity index (χ3n) is 3.37. The molecule has 2 aromatic carbocycles. The summed E-state index contributed by atoms with van der Waals surface area (Å²) in [6.07, 6.45) is 1.80. The summed E-state index contributed by atoms with van der Waals surface area (Å²) in [6.45, 7) is 0. The smallest absolute Gasteiger partial charge is 0.0851 e. The number of halogens is 1. The highest BCUT2D eigenvalue weighted by molar-refractivity contribution is 9.10. The predicted octanol–water partition coefficient (Wildman–Crippen LogP) is 4.27. The van der Waals surface area contributed by atoms with Crippen LogP contribution >= 0.6 is 15.9 Å². The quantitative estimate of drug-likeness (QED) is 0.779. The van der Waals surface area contributed by atoms with Gasteiger partial charge in [-0.2, -0.15) is 0 Å². The summed E-state index contributed by atoms with van der Waals surface area (Å²) in [6, 6.07) is 17.9. The van der Waals surface area contributed by atoms with E-state index in [0.29, 0.717) is 6.42 Å². The first kappa shape index (κ1) is 13.3. The molecule has 1 aromatic heterocycles. The number of aromatic nitrogens is 1. The molecule has 0 amide bonds. The number of pyridine rings is 1. The fourth-order valence-electron chi connectivity index (χ4n) is 2.35. The molecule has 0 aliphatic carbocycles. The molecule has 0 saturated carbocycles. The molecule has 100 valence electrons. The lowest BCUT2D eigenvalue weighted by molar-refractivity contribution is 0.180. The van der Waals surface area contributed by atoms with Crippen molar-refractivity contribution < 1.29 is 5.11 Å². The Hall–Kier alpha value is -1.71. The van der Waals surface area contributed by atoms with Crippen LogP contribution in [-0.4, -0.2) is 10.1 Å². The van der Waals surface area contributed by atoms with Crippen molar-refractivity contribution >= 4 is 26.8 Å². The number of aliphatic hydroxyl groups excluding tert-OH is 1. The Kier molecular flexibility index (Phi) is 3.81. The van der Waals surface area contributed by atoms with Crippen molar-refractivity contribution in [3.63, 3.8) is 0 Å². The molecular weight excluding hydrogens is 314 g/mol. The molecule has 2 nitrogen and oxygen atoms in total. The van der Waals surface area contributed by atoms with Crippen LogP contribution in [0.15, 0.2) is 65.3 Å². The van der Waals surface area contributed by atoms with Gasteiger partial charge in [-0.3, -0.25) is 4.98 Å². The van der Waals surface area contributed by atoms with Crippen molar-refractivity contribution in [1.82, 2.24) is 4.98 Å². The van der Waals surface area contributed by atoms with Crippen LogP contribution in [0.2, 0.25) is 0 Å². The van der Waals surface area contributed by atoms with Crippen LogP contribution in [0.3, 0.4) is 0 Å². The standard InChI is InChI=1S/C17H14BrNO/c18-14-8-6-12(7-9-14)11-16(20)15-5-1-3-13-4-2-10-19-17(13)15/h1-10,16,20H,11H2. The molecule has 0 fully saturated rings. The predicted molar refractivity (Wildman–Crippen MR) is 84.5 cm³/mol. The summed E-state index contributed by atoms with van der Waals surface area (Å²) in [5, 5.41) is 11.5. The number of para-hydroxylation sites is 1. The molecule has 3 aromatic rings. The third kappa shape index (κ3) is 2.74. The highest BCUT2D eigenvalue weighted by atomic mass is 79.9. The molecule has 20 heavy (non-hydrogen) atoms. The Balaban J connectivity index is 1.92. The van der Waals surface area contributed by atoms with Crippen LogP contribution in [-0.2, 0) is 6.42 Å². The minimum Gasteiger partial charge on any atom is -0.388 e. The van der Waals surface area contributed by atoms with Gasteiger partial charge < -0.3 is 5.11 Å². The first-order chi connectivity index (χ1) is 9.74. The second-order valence-corrected chi connectivity index (χ2v) is 5.68. The summed E-state index contributed by atoms with van der Waals surface area (Å²) in [7, 11) is 0. The lowest BCUT2D eigenvalue weighted by Crippen LogP contribution is -2.03. The molecule has 0 bridgehead atoms. The highest BCUT2D eigenvalue weighted by Gasteiger charge is 2.12. The molecule has 1 atom stereocenters. The van der Waals surface area contributed by atoms with E-state index in [4.69, 9.17) is 0 Å². The van der Waals surface area contributed by atoms with Crippen LogP contribution in [0.25, 0.3) is 10.9 Å². The first-order valence-corrected chi connectivity index (χ1v) is 7.29. The number of rotatable bonds is 3. The molecule has 0 radical (unpaired) electrons. The summed E-state index contributed by atoms with van der Waals surface area (Å²) in [5.41, 5.74) is 2.86. The normalized spacial score (nSPS) is 12.5. The highest BCUT2D eigenvalue weighted by Crippen LogP contribution is 2.25. The molecule has 0 aliphatic heterocycles. The fraction of sp³-hybridized carbons (Fsp3) is 0.118. The zero-order valence-electron chi connectivity index (χ0n) is 10.8. The molecule has 0 aliphatic rings. The molecule has 1 unspecified atom stereocenters. The van der Waals surface area contributed by atoms with Gasteiger partial charge in [-0.25, -0.2) is 0 Å². The summed E-state index contributed by atoms with van der Waals surface area (Å²) >= 11 is 3.42. The molecule has 3 rings (SSSR count). The molecule has 1 N–H and O–H groups in total. The van der Waals surface area contributed by atoms with Crippen molar-refractivity contribution in [2.75, 3.05) is 0 Å². The van der Waals surface area contributed by atoms with Crippen LogP contribution in [0.1, 0.15) is 17.2 Å². The van der Waals surface area contributed by atoms with Gasteiger partial charge in [0.15, 0.2) is 0 Å². The van der Waals surface area contributed by atoms with E-state index in [9.17, 15) is 5.11 Å². The summed E-state index contributed by atoms with van der Waals surface area (Å²) in [5.74, 6) is 0. The minimum absolute atomic E-state index is 0.547. The van der Waals surface area contributed by atoms with E-state index >= 15 is 0 Å². The van der Waals surface area contributed by atoms with E-state index < -0.39 is 6.10 Å². The molecule has 0 spiro atoms. The lowest BCUT2D eigenvalue weighted by atomic mass is 9.99. The van der Waals surface area contributed by atoms with Crippen molar-refractivity contribution in [1.29, 1.82) is 0 Å². The van der Waals surface area contributed by atoms with Crippen molar-refractivity contribution in [2.24, 2.45) is 0 Å². The average Bonchev–Trinajstić information content (AvgIpc) is 2.49. The topological polar surface area (TPSA) is 33.1 Å². The first-order valence-electron chi connectivity index (χ1n) is 6.50. The van der Waals surface area contributed by atoms with Crippen LogP contribution < -0.4 is 0 Å². The van der Waals surface area contributed by atoms with Gasteiger partial charge in [-0.05, 0) is 23.8 Å². The van der Waals surface area contributed by atoms with E-state index in [1.807, 2.05) is 54.6 Å². The van der Waals surface area contributed by atoms with Gasteiger partial charge in [-0.1, -0.05) is 52.3 Å². The van der Waals surface area contributed by atoms with Gasteiger partial charge in [0.05, 0.1) is 11.6 Å².